The zero-order valence-corrected chi connectivity index (χ0v) is 46.0. The van der Waals surface area contributed by atoms with Crippen molar-refractivity contribution in [3.05, 3.63) is 53.6 Å². The summed E-state index contributed by atoms with van der Waals surface area (Å²) < 4.78 is 66.5. The van der Waals surface area contributed by atoms with Crippen molar-refractivity contribution in [2.24, 2.45) is 23.7 Å². The van der Waals surface area contributed by atoms with Crippen molar-refractivity contribution in [1.82, 2.24) is 4.90 Å². The van der Waals surface area contributed by atoms with E-state index in [-0.39, 0.29) is 38.1 Å². The van der Waals surface area contributed by atoms with Crippen LogP contribution in [-0.2, 0) is 73.0 Å². The lowest BCUT2D eigenvalue weighted by Crippen LogP contribution is -2.65. The molecule has 4 N–H and O–H groups in total. The minimum absolute atomic E-state index is 0.0206. The van der Waals surface area contributed by atoms with Crippen LogP contribution >= 0.6 is 0 Å². The number of cyclic esters (lactones) is 1. The third kappa shape index (κ3) is 16.2. The second-order valence-electron chi connectivity index (χ2n) is 21.2. The zero-order chi connectivity index (χ0) is 55.5. The molecule has 1 unspecified atom stereocenters. The number of methoxy groups -OCH3 is 3. The minimum Gasteiger partial charge on any atom is -0.497 e. The highest BCUT2D eigenvalue weighted by Gasteiger charge is 2.53. The van der Waals surface area contributed by atoms with Crippen LogP contribution in [0.15, 0.2) is 48.1 Å². The van der Waals surface area contributed by atoms with Crippen LogP contribution < -0.4 is 4.74 Å². The number of carbonyl (C=O) groups is 4. The molecule has 0 aliphatic carbocycles. The zero-order valence-electron chi connectivity index (χ0n) is 46.0. The number of likely N-dealkylation sites (N-methyl/N-ethyl adjacent to an activating group) is 1. The summed E-state index contributed by atoms with van der Waals surface area (Å²) in [6.07, 6.45) is -9.07. The first-order chi connectivity index (χ1) is 35.5. The van der Waals surface area contributed by atoms with Crippen LogP contribution in [0.5, 0.6) is 5.75 Å². The molecule has 0 saturated carbocycles. The molecule has 0 aromatic heterocycles. The van der Waals surface area contributed by atoms with Crippen molar-refractivity contribution in [3.63, 3.8) is 0 Å². The van der Waals surface area contributed by atoms with Crippen molar-refractivity contribution < 1.29 is 91.7 Å². The van der Waals surface area contributed by atoms with Crippen LogP contribution in [0.3, 0.4) is 0 Å². The van der Waals surface area contributed by atoms with E-state index in [9.17, 15) is 39.6 Å². The summed E-state index contributed by atoms with van der Waals surface area (Å²) in [5.41, 5.74) is -0.200. The molecule has 75 heavy (non-hydrogen) atoms. The van der Waals surface area contributed by atoms with Gasteiger partial charge in [-0.15, -0.1) is 0 Å². The Morgan fingerprint density at radius 3 is 2.12 bits per heavy atom. The molecular formula is C55H85NO19. The molecule has 1 aromatic rings. The fourth-order valence-electron chi connectivity index (χ4n) is 10.8. The normalized spacial score (nSPS) is 40.7. The summed E-state index contributed by atoms with van der Waals surface area (Å²) >= 11 is 0. The topological polar surface area (TPSA) is 254 Å². The first-order valence-corrected chi connectivity index (χ1v) is 26.2. The van der Waals surface area contributed by atoms with Crippen molar-refractivity contribution in [2.45, 2.75) is 198 Å². The Morgan fingerprint density at radius 2 is 1.52 bits per heavy atom. The summed E-state index contributed by atoms with van der Waals surface area (Å²) in [7, 11) is 7.97. The molecular weight excluding hydrogens is 979 g/mol. The lowest BCUT2D eigenvalue weighted by molar-refractivity contribution is -0.342. The fourth-order valence-corrected chi connectivity index (χ4v) is 10.8. The number of aldehydes is 1. The SMILES string of the molecule is CC[C@H]1OC(=O)C[C@@H](O)[C@H](C)[C@@H](O[C@H]2O[C@@H](C)[C@H](O[C@H]3C[C@](C)(O)[C@H](OC(=O)Cc4ccc(OC)cc4)[C@H](C)O3)[C@@H](N(C)C)[C@H]2O)C(CC=O)C[C@@H](C)C(=O)/C=C/C(C)=C/[C@@H]1CO[C@@H]1O[C@H](C)[C@@H](O)[C@@H](OC)[C@H]1OC. The van der Waals surface area contributed by atoms with Crippen molar-refractivity contribution >= 4 is 24.0 Å². The molecule has 5 rings (SSSR count). The minimum atomic E-state index is -1.58. The summed E-state index contributed by atoms with van der Waals surface area (Å²) in [5.74, 6) is -3.62. The lowest BCUT2D eigenvalue weighted by atomic mass is 9.79. The highest BCUT2D eigenvalue weighted by molar-refractivity contribution is 5.91. The smallest absolute Gasteiger partial charge is 0.310 e. The molecule has 3 saturated heterocycles. The quantitative estimate of drug-likeness (QED) is 0.128. The summed E-state index contributed by atoms with van der Waals surface area (Å²) in [5, 5.41) is 46.5. The van der Waals surface area contributed by atoms with Gasteiger partial charge < -0.3 is 82.2 Å². The Kier molecular flexibility index (Phi) is 23.4. The van der Waals surface area contributed by atoms with Crippen LogP contribution in [0.25, 0.3) is 0 Å². The van der Waals surface area contributed by atoms with E-state index in [1.165, 1.54) is 20.3 Å². The monoisotopic (exact) mass is 1060 g/mol. The van der Waals surface area contributed by atoms with E-state index in [4.69, 9.17) is 52.1 Å². The summed E-state index contributed by atoms with van der Waals surface area (Å²) in [4.78, 5) is 55.0. The standard InChI is InChI=1S/C55H85NO19/c1-14-41-37(28-68-54-51(67-13)50(66-12)46(62)32(5)70-54)23-29(2)15-20-39(58)30(3)24-36(21-22-57)48(31(4)40(59)26-43(61)72-41)75-53-47(63)45(56(9)10)49(33(6)71-53)74-44-27-55(8,64)52(34(7)69-44)73-42(60)25-35-16-18-38(65-11)19-17-35/h15-20,22-23,30-34,36-37,40-41,44-54,59,62-64H,14,21,24-28H2,1-13H3/b20-15+,29-23+/t30-,31+,32-,33+,34+,36?,37-,40-,41-,44+,45+,46-,47-,48-,49+,50-,51-,52-,53-,54-,55+/m1/s1. The number of benzene rings is 1. The van der Waals surface area contributed by atoms with E-state index in [1.54, 1.807) is 105 Å². The number of ketones is 1. The van der Waals surface area contributed by atoms with Crippen LogP contribution in [0.2, 0.25) is 0 Å². The first-order valence-electron chi connectivity index (χ1n) is 26.2. The Morgan fingerprint density at radius 1 is 0.853 bits per heavy atom. The number of hydrogen-bond donors (Lipinski definition) is 4. The van der Waals surface area contributed by atoms with Crippen LogP contribution in [0.1, 0.15) is 93.1 Å². The Labute approximate surface area is 442 Å². The Balaban J connectivity index is 1.34. The van der Waals surface area contributed by atoms with Gasteiger partial charge in [0.05, 0.1) is 63.1 Å². The highest BCUT2D eigenvalue weighted by atomic mass is 16.7. The van der Waals surface area contributed by atoms with Gasteiger partial charge in [0.1, 0.15) is 54.3 Å². The van der Waals surface area contributed by atoms with E-state index < -0.39 is 146 Å². The molecule has 20 heteroatoms. The number of allylic oxidation sites excluding steroid dienone is 3. The largest absolute Gasteiger partial charge is 0.497 e. The van der Waals surface area contributed by atoms with Crippen molar-refractivity contribution in [2.75, 3.05) is 42.0 Å². The fraction of sp³-hybridized carbons (Fsp3) is 0.745. The third-order valence-corrected chi connectivity index (χ3v) is 15.1. The Bertz CT molecular complexity index is 2050. The van der Waals surface area contributed by atoms with Gasteiger partial charge >= 0.3 is 11.9 Å². The van der Waals surface area contributed by atoms with E-state index >= 15 is 0 Å². The highest BCUT2D eigenvalue weighted by Crippen LogP contribution is 2.38. The van der Waals surface area contributed by atoms with E-state index in [0.29, 0.717) is 29.6 Å². The predicted octanol–water partition coefficient (Wildman–Crippen LogP) is 3.64. The molecule has 424 valence electrons. The number of aliphatic hydroxyl groups is 4. The second kappa shape index (κ2) is 28.2. The number of nitrogens with zero attached hydrogens (tertiary/aromatic N) is 1. The van der Waals surface area contributed by atoms with Crippen molar-refractivity contribution in [1.29, 1.82) is 0 Å². The molecule has 4 heterocycles. The molecule has 0 spiro atoms. The van der Waals surface area contributed by atoms with Gasteiger partial charge in [0, 0.05) is 44.8 Å². The van der Waals surface area contributed by atoms with Gasteiger partial charge in [0.2, 0.25) is 0 Å². The van der Waals surface area contributed by atoms with Gasteiger partial charge in [-0.1, -0.05) is 50.6 Å². The van der Waals surface area contributed by atoms with Crippen LogP contribution in [-0.4, -0.2) is 195 Å². The summed E-state index contributed by atoms with van der Waals surface area (Å²) in [6.45, 7) is 13.7. The number of esters is 2. The van der Waals surface area contributed by atoms with Gasteiger partial charge in [-0.05, 0) is 91.2 Å². The van der Waals surface area contributed by atoms with Gasteiger partial charge in [-0.2, -0.15) is 0 Å². The van der Waals surface area contributed by atoms with Crippen LogP contribution in [0, 0.1) is 23.7 Å². The second-order valence-corrected chi connectivity index (χ2v) is 21.2. The first kappa shape index (κ1) is 62.1. The molecule has 21 atom stereocenters. The molecule has 4 aliphatic heterocycles. The molecule has 0 amide bonds. The van der Waals surface area contributed by atoms with Crippen LogP contribution in [0.4, 0.5) is 0 Å². The predicted molar refractivity (Wildman–Crippen MR) is 271 cm³/mol. The van der Waals surface area contributed by atoms with Crippen molar-refractivity contribution in [3.8, 4) is 5.75 Å². The molecule has 0 bridgehead atoms. The third-order valence-electron chi connectivity index (χ3n) is 15.1. The number of hydrogen-bond acceptors (Lipinski definition) is 20. The molecule has 1 aromatic carbocycles. The molecule has 20 nitrogen and oxygen atoms in total. The average Bonchev–Trinajstić information content (AvgIpc) is 3.35. The molecule has 0 radical (unpaired) electrons. The maximum absolute atomic E-state index is 13.9. The van der Waals surface area contributed by atoms with Gasteiger partial charge in [0.15, 0.2) is 30.8 Å². The number of ether oxygens (including phenoxy) is 11. The molecule has 3 fully saturated rings. The van der Waals surface area contributed by atoms with Gasteiger partial charge in [0.25, 0.3) is 0 Å². The number of carbonyl (C=O) groups excluding carboxylic acids is 4. The maximum atomic E-state index is 13.9. The van der Waals surface area contributed by atoms with E-state index in [0.717, 1.165) is 0 Å². The van der Waals surface area contributed by atoms with Gasteiger partial charge in [-0.3, -0.25) is 14.4 Å². The Hall–Kier alpha value is -3.74. The maximum Gasteiger partial charge on any atom is 0.310 e. The average molecular weight is 1060 g/mol. The number of rotatable bonds is 17. The molecule has 4 aliphatic rings. The van der Waals surface area contributed by atoms with E-state index in [1.807, 2.05) is 13.0 Å². The van der Waals surface area contributed by atoms with Gasteiger partial charge in [-0.25, -0.2) is 0 Å². The lowest BCUT2D eigenvalue weighted by Gasteiger charge is -2.50. The number of aliphatic hydroxyl groups excluding tert-OH is 3. The summed E-state index contributed by atoms with van der Waals surface area (Å²) in [6, 6.07) is 6.19. The van der Waals surface area contributed by atoms with E-state index in [2.05, 4.69) is 0 Å².